The molecule has 3 aromatic rings. The molecule has 3 rings (SSSR count). The zero-order valence-electron chi connectivity index (χ0n) is 12.7. The third-order valence-corrected chi connectivity index (χ3v) is 4.45. The number of benzene rings is 2. The number of ether oxygens (including phenoxy) is 1. The van der Waals surface area contributed by atoms with Gasteiger partial charge in [0, 0.05) is 5.56 Å². The van der Waals surface area contributed by atoms with E-state index >= 15 is 0 Å². The largest absolute Gasteiger partial charge is 0.494 e. The Kier molecular flexibility index (Phi) is 4.08. The fraction of sp³-hybridized carbons (Fsp3) is 0.0625. The summed E-state index contributed by atoms with van der Waals surface area (Å²) in [5.41, 5.74) is 1.33. The fourth-order valence-corrected chi connectivity index (χ4v) is 3.13. The molecule has 0 fully saturated rings. The predicted molar refractivity (Wildman–Crippen MR) is 86.9 cm³/mol. The van der Waals surface area contributed by atoms with E-state index in [2.05, 4.69) is 5.10 Å². The van der Waals surface area contributed by atoms with E-state index in [1.807, 2.05) is 0 Å². The smallest absolute Gasteiger partial charge is 0.240 e. The molecular weight excluding hydrogens is 333 g/mol. The molecule has 0 amide bonds. The van der Waals surface area contributed by atoms with Crippen LogP contribution in [0.25, 0.3) is 16.9 Å². The quantitative estimate of drug-likeness (QED) is 0.785. The summed E-state index contributed by atoms with van der Waals surface area (Å²) >= 11 is 0. The standard InChI is InChI=1S/C16H14FN3O3S/c1-23-15-7-6-11(10-12(15)17)13-8-9-19-20(13)14-4-2-3-5-16(14)24(18,21)22/h2-10H,1H3,(H2,18,21,22). The molecule has 0 saturated carbocycles. The van der Waals surface area contributed by atoms with Crippen molar-refractivity contribution >= 4 is 10.0 Å². The van der Waals surface area contributed by atoms with Gasteiger partial charge in [-0.3, -0.25) is 0 Å². The Hall–Kier alpha value is -2.71. The van der Waals surface area contributed by atoms with Gasteiger partial charge in [0.25, 0.3) is 0 Å². The Labute approximate surface area is 138 Å². The van der Waals surface area contributed by atoms with E-state index in [9.17, 15) is 12.8 Å². The number of hydrogen-bond acceptors (Lipinski definition) is 4. The Balaban J connectivity index is 2.18. The van der Waals surface area contributed by atoms with Crippen LogP contribution in [0.5, 0.6) is 5.75 Å². The predicted octanol–water partition coefficient (Wildman–Crippen LogP) is 2.33. The molecular formula is C16H14FN3O3S. The molecule has 1 aromatic heterocycles. The minimum Gasteiger partial charge on any atom is -0.494 e. The molecule has 1 heterocycles. The first-order chi connectivity index (χ1) is 11.4. The summed E-state index contributed by atoms with van der Waals surface area (Å²) in [6, 6.07) is 12.3. The molecule has 0 radical (unpaired) electrons. The van der Waals surface area contributed by atoms with Crippen molar-refractivity contribution in [2.45, 2.75) is 4.90 Å². The first-order valence-electron chi connectivity index (χ1n) is 6.92. The van der Waals surface area contributed by atoms with Gasteiger partial charge in [0.05, 0.1) is 24.7 Å². The number of para-hydroxylation sites is 1. The van der Waals surface area contributed by atoms with Gasteiger partial charge >= 0.3 is 0 Å². The Morgan fingerprint density at radius 1 is 1.17 bits per heavy atom. The Morgan fingerprint density at radius 3 is 2.58 bits per heavy atom. The van der Waals surface area contributed by atoms with Gasteiger partial charge in [0.2, 0.25) is 10.0 Å². The van der Waals surface area contributed by atoms with Gasteiger partial charge in [0.15, 0.2) is 11.6 Å². The second-order valence-electron chi connectivity index (χ2n) is 4.99. The molecule has 2 N–H and O–H groups in total. The highest BCUT2D eigenvalue weighted by Gasteiger charge is 2.18. The number of methoxy groups -OCH3 is 1. The van der Waals surface area contributed by atoms with Gasteiger partial charge < -0.3 is 4.74 Å². The van der Waals surface area contributed by atoms with Gasteiger partial charge in [-0.05, 0) is 36.4 Å². The second kappa shape index (κ2) is 6.06. The van der Waals surface area contributed by atoms with Crippen molar-refractivity contribution in [3.05, 3.63) is 60.5 Å². The van der Waals surface area contributed by atoms with Crippen LogP contribution < -0.4 is 9.88 Å². The lowest BCUT2D eigenvalue weighted by Gasteiger charge is -2.12. The van der Waals surface area contributed by atoms with E-state index in [1.54, 1.807) is 30.3 Å². The summed E-state index contributed by atoms with van der Waals surface area (Å²) in [4.78, 5) is -0.0658. The summed E-state index contributed by atoms with van der Waals surface area (Å²) in [5, 5.41) is 9.42. The van der Waals surface area contributed by atoms with Crippen LogP contribution in [0.2, 0.25) is 0 Å². The number of aromatic nitrogens is 2. The van der Waals surface area contributed by atoms with Gasteiger partial charge in [-0.25, -0.2) is 22.6 Å². The summed E-state index contributed by atoms with van der Waals surface area (Å²) in [5.74, 6) is -0.405. The minimum absolute atomic E-state index is 0.0658. The number of nitrogens with zero attached hydrogens (tertiary/aromatic N) is 2. The maximum absolute atomic E-state index is 14.0. The van der Waals surface area contributed by atoms with Gasteiger partial charge in [-0.15, -0.1) is 0 Å². The first kappa shape index (κ1) is 16.2. The Morgan fingerprint density at radius 2 is 1.92 bits per heavy atom. The monoisotopic (exact) mass is 347 g/mol. The van der Waals surface area contributed by atoms with E-state index in [4.69, 9.17) is 9.88 Å². The molecule has 8 heteroatoms. The fourth-order valence-electron chi connectivity index (χ4n) is 2.41. The van der Waals surface area contributed by atoms with Gasteiger partial charge in [0.1, 0.15) is 4.90 Å². The normalized spacial score (nSPS) is 11.5. The lowest BCUT2D eigenvalue weighted by Crippen LogP contribution is -2.16. The average Bonchev–Trinajstić information content (AvgIpc) is 3.03. The van der Waals surface area contributed by atoms with Crippen molar-refractivity contribution in [2.75, 3.05) is 7.11 Å². The van der Waals surface area contributed by atoms with Crippen LogP contribution in [0.3, 0.4) is 0 Å². The number of halogens is 1. The maximum atomic E-state index is 14.0. The number of rotatable bonds is 4. The van der Waals surface area contributed by atoms with E-state index in [-0.39, 0.29) is 16.3 Å². The van der Waals surface area contributed by atoms with Crippen LogP contribution >= 0.6 is 0 Å². The Bertz CT molecular complexity index is 999. The van der Waals surface area contributed by atoms with E-state index < -0.39 is 15.8 Å². The molecule has 0 saturated heterocycles. The minimum atomic E-state index is -3.93. The lowest BCUT2D eigenvalue weighted by atomic mass is 10.1. The zero-order valence-corrected chi connectivity index (χ0v) is 13.5. The average molecular weight is 347 g/mol. The maximum Gasteiger partial charge on any atom is 0.240 e. The molecule has 24 heavy (non-hydrogen) atoms. The molecule has 124 valence electrons. The molecule has 0 aliphatic rings. The highest BCUT2D eigenvalue weighted by molar-refractivity contribution is 7.89. The summed E-state index contributed by atoms with van der Waals surface area (Å²) in [6.07, 6.45) is 1.50. The zero-order chi connectivity index (χ0) is 17.3. The van der Waals surface area contributed by atoms with E-state index in [1.165, 1.54) is 36.2 Å². The first-order valence-corrected chi connectivity index (χ1v) is 8.46. The molecule has 0 bridgehead atoms. The molecule has 0 atom stereocenters. The molecule has 2 aromatic carbocycles. The summed E-state index contributed by atoms with van der Waals surface area (Å²) in [7, 11) is -2.55. The lowest BCUT2D eigenvalue weighted by molar-refractivity contribution is 0.386. The number of primary sulfonamides is 1. The van der Waals surface area contributed by atoms with Gasteiger partial charge in [-0.1, -0.05) is 12.1 Å². The SMILES string of the molecule is COc1ccc(-c2ccnn2-c2ccccc2S(N)(=O)=O)cc1F. The second-order valence-corrected chi connectivity index (χ2v) is 6.52. The molecule has 0 spiro atoms. The van der Waals surface area contributed by atoms with Crippen LogP contribution in [0.15, 0.2) is 59.6 Å². The third-order valence-electron chi connectivity index (χ3n) is 3.49. The summed E-state index contributed by atoms with van der Waals surface area (Å²) < 4.78 is 43.9. The van der Waals surface area contributed by atoms with Gasteiger partial charge in [-0.2, -0.15) is 5.10 Å². The summed E-state index contributed by atoms with van der Waals surface area (Å²) in [6.45, 7) is 0. The van der Waals surface area contributed by atoms with Crippen LogP contribution in [0, 0.1) is 5.82 Å². The third kappa shape index (κ3) is 2.89. The van der Waals surface area contributed by atoms with Crippen molar-refractivity contribution in [1.82, 2.24) is 9.78 Å². The molecule has 6 nitrogen and oxygen atoms in total. The molecule has 0 aliphatic carbocycles. The highest BCUT2D eigenvalue weighted by Crippen LogP contribution is 2.28. The van der Waals surface area contributed by atoms with Crippen molar-refractivity contribution in [2.24, 2.45) is 5.14 Å². The number of nitrogens with two attached hydrogens (primary N) is 1. The van der Waals surface area contributed by atoms with Crippen LogP contribution in [0.4, 0.5) is 4.39 Å². The van der Waals surface area contributed by atoms with E-state index in [0.29, 0.717) is 11.3 Å². The number of sulfonamides is 1. The van der Waals surface area contributed by atoms with E-state index in [0.717, 1.165) is 0 Å². The van der Waals surface area contributed by atoms with Crippen LogP contribution in [-0.2, 0) is 10.0 Å². The molecule has 0 unspecified atom stereocenters. The van der Waals surface area contributed by atoms with Crippen molar-refractivity contribution in [3.8, 4) is 22.7 Å². The topological polar surface area (TPSA) is 87.2 Å². The number of hydrogen-bond donors (Lipinski definition) is 1. The highest BCUT2D eigenvalue weighted by atomic mass is 32.2. The van der Waals surface area contributed by atoms with Crippen molar-refractivity contribution in [1.29, 1.82) is 0 Å². The van der Waals surface area contributed by atoms with Crippen molar-refractivity contribution in [3.63, 3.8) is 0 Å². The van der Waals surface area contributed by atoms with Crippen LogP contribution in [-0.4, -0.2) is 25.3 Å². The molecule has 0 aliphatic heterocycles. The van der Waals surface area contributed by atoms with Crippen molar-refractivity contribution < 1.29 is 17.5 Å². The van der Waals surface area contributed by atoms with Crippen LogP contribution in [0.1, 0.15) is 0 Å².